The van der Waals surface area contributed by atoms with Crippen molar-refractivity contribution in [3.8, 4) is 12.3 Å². The largest absolute Gasteiger partial charge is 0.396 e. The van der Waals surface area contributed by atoms with E-state index in [9.17, 15) is 9.18 Å². The first kappa shape index (κ1) is 12.7. The standard InChI is InChI=1S/C15H11FN2O/c1-2-10-5-3-6-11(9-10)18-15(19)12-7-4-8-13(16)14(12)17/h1,3-9H,17H2,(H,18,19). The highest BCUT2D eigenvalue weighted by atomic mass is 19.1. The van der Waals surface area contributed by atoms with Gasteiger partial charge in [-0.05, 0) is 30.3 Å². The van der Waals surface area contributed by atoms with Crippen LogP contribution < -0.4 is 11.1 Å². The summed E-state index contributed by atoms with van der Waals surface area (Å²) in [5.41, 5.74) is 6.62. The van der Waals surface area contributed by atoms with Crippen LogP contribution in [0.3, 0.4) is 0 Å². The summed E-state index contributed by atoms with van der Waals surface area (Å²) < 4.78 is 13.3. The Kier molecular flexibility index (Phi) is 3.48. The molecular weight excluding hydrogens is 243 g/mol. The molecule has 0 heterocycles. The maximum Gasteiger partial charge on any atom is 0.257 e. The quantitative estimate of drug-likeness (QED) is 0.639. The molecule has 94 valence electrons. The van der Waals surface area contributed by atoms with Crippen LogP contribution in [0.5, 0.6) is 0 Å². The number of anilines is 2. The Labute approximate surface area is 110 Å². The molecule has 0 aliphatic rings. The molecule has 0 atom stereocenters. The van der Waals surface area contributed by atoms with Crippen LogP contribution >= 0.6 is 0 Å². The number of benzene rings is 2. The van der Waals surface area contributed by atoms with Crippen molar-refractivity contribution < 1.29 is 9.18 Å². The maximum atomic E-state index is 13.3. The third kappa shape index (κ3) is 2.72. The summed E-state index contributed by atoms with van der Waals surface area (Å²) in [4.78, 5) is 12.0. The number of amides is 1. The summed E-state index contributed by atoms with van der Waals surface area (Å²) in [7, 11) is 0. The fourth-order valence-electron chi connectivity index (χ4n) is 1.62. The van der Waals surface area contributed by atoms with Crippen molar-refractivity contribution in [1.82, 2.24) is 0 Å². The van der Waals surface area contributed by atoms with Gasteiger partial charge < -0.3 is 11.1 Å². The van der Waals surface area contributed by atoms with Gasteiger partial charge in [0, 0.05) is 11.3 Å². The topological polar surface area (TPSA) is 55.1 Å². The van der Waals surface area contributed by atoms with Gasteiger partial charge in [-0.15, -0.1) is 6.42 Å². The lowest BCUT2D eigenvalue weighted by atomic mass is 10.1. The predicted molar refractivity (Wildman–Crippen MR) is 73.1 cm³/mol. The molecular formula is C15H11FN2O. The molecule has 0 saturated carbocycles. The van der Waals surface area contributed by atoms with Crippen LogP contribution in [-0.2, 0) is 0 Å². The molecule has 0 spiro atoms. The van der Waals surface area contributed by atoms with Gasteiger partial charge >= 0.3 is 0 Å². The minimum atomic E-state index is -0.620. The molecule has 0 unspecified atom stereocenters. The lowest BCUT2D eigenvalue weighted by Gasteiger charge is -2.08. The second-order valence-electron chi connectivity index (χ2n) is 3.88. The number of rotatable bonds is 2. The lowest BCUT2D eigenvalue weighted by molar-refractivity contribution is 0.102. The number of hydrogen-bond acceptors (Lipinski definition) is 2. The number of hydrogen-bond donors (Lipinski definition) is 2. The van der Waals surface area contributed by atoms with Crippen LogP contribution in [0, 0.1) is 18.2 Å². The molecule has 0 saturated heterocycles. The number of nitrogens with two attached hydrogens (primary N) is 1. The van der Waals surface area contributed by atoms with Crippen LogP contribution in [0.15, 0.2) is 42.5 Å². The Bertz CT molecular complexity index is 674. The van der Waals surface area contributed by atoms with Crippen molar-refractivity contribution in [3.63, 3.8) is 0 Å². The van der Waals surface area contributed by atoms with Gasteiger partial charge in [-0.2, -0.15) is 0 Å². The van der Waals surface area contributed by atoms with Crippen LogP contribution in [0.1, 0.15) is 15.9 Å². The van der Waals surface area contributed by atoms with Crippen LogP contribution in [-0.4, -0.2) is 5.91 Å². The summed E-state index contributed by atoms with van der Waals surface area (Å²) in [5, 5.41) is 2.62. The van der Waals surface area contributed by atoms with E-state index in [2.05, 4.69) is 11.2 Å². The summed E-state index contributed by atoms with van der Waals surface area (Å²) in [6, 6.07) is 10.9. The van der Waals surface area contributed by atoms with Crippen molar-refractivity contribution in [2.75, 3.05) is 11.1 Å². The predicted octanol–water partition coefficient (Wildman–Crippen LogP) is 2.64. The van der Waals surface area contributed by atoms with Gasteiger partial charge in [-0.1, -0.05) is 18.1 Å². The van der Waals surface area contributed by atoms with E-state index in [1.54, 1.807) is 24.3 Å². The van der Waals surface area contributed by atoms with Gasteiger partial charge in [0.15, 0.2) is 0 Å². The smallest absolute Gasteiger partial charge is 0.257 e. The van der Waals surface area contributed by atoms with Crippen LogP contribution in [0.4, 0.5) is 15.8 Å². The van der Waals surface area contributed by atoms with Crippen LogP contribution in [0.25, 0.3) is 0 Å². The number of carbonyl (C=O) groups is 1. The Morgan fingerprint density at radius 3 is 2.74 bits per heavy atom. The Morgan fingerprint density at radius 2 is 2.00 bits per heavy atom. The van der Waals surface area contributed by atoms with Crippen LogP contribution in [0.2, 0.25) is 0 Å². The molecule has 0 aromatic heterocycles. The minimum Gasteiger partial charge on any atom is -0.396 e. The average molecular weight is 254 g/mol. The average Bonchev–Trinajstić information content (AvgIpc) is 2.42. The monoisotopic (exact) mass is 254 g/mol. The maximum absolute atomic E-state index is 13.3. The number of carbonyl (C=O) groups excluding carboxylic acids is 1. The summed E-state index contributed by atoms with van der Waals surface area (Å²) >= 11 is 0. The molecule has 0 fully saturated rings. The fraction of sp³-hybridized carbons (Fsp3) is 0. The summed E-state index contributed by atoms with van der Waals surface area (Å²) in [6.45, 7) is 0. The molecule has 19 heavy (non-hydrogen) atoms. The van der Waals surface area contributed by atoms with Crippen molar-refractivity contribution in [1.29, 1.82) is 0 Å². The lowest BCUT2D eigenvalue weighted by Crippen LogP contribution is -2.14. The second kappa shape index (κ2) is 5.23. The van der Waals surface area contributed by atoms with Gasteiger partial charge in [0.1, 0.15) is 5.82 Å². The number of nitrogen functional groups attached to an aromatic ring is 1. The van der Waals surface area contributed by atoms with Crippen molar-refractivity contribution in [2.45, 2.75) is 0 Å². The number of terminal acetylenes is 1. The van der Waals surface area contributed by atoms with E-state index < -0.39 is 11.7 Å². The highest BCUT2D eigenvalue weighted by molar-refractivity contribution is 6.07. The van der Waals surface area contributed by atoms with Crippen molar-refractivity contribution in [2.24, 2.45) is 0 Å². The summed E-state index contributed by atoms with van der Waals surface area (Å²) in [6.07, 6.45) is 5.27. The Hall–Kier alpha value is -2.80. The highest BCUT2D eigenvalue weighted by Crippen LogP contribution is 2.18. The first-order valence-corrected chi connectivity index (χ1v) is 5.54. The van der Waals surface area contributed by atoms with E-state index in [0.717, 1.165) is 0 Å². The zero-order valence-electron chi connectivity index (χ0n) is 9.98. The summed E-state index contributed by atoms with van der Waals surface area (Å²) in [5.74, 6) is 1.36. The number of nitrogens with one attached hydrogen (secondary N) is 1. The molecule has 2 aromatic rings. The molecule has 0 aliphatic heterocycles. The van der Waals surface area contributed by atoms with E-state index in [4.69, 9.17) is 12.2 Å². The fourth-order valence-corrected chi connectivity index (χ4v) is 1.62. The molecule has 2 rings (SSSR count). The van der Waals surface area contributed by atoms with Gasteiger partial charge in [0.2, 0.25) is 0 Å². The molecule has 0 bridgehead atoms. The molecule has 0 radical (unpaired) electrons. The van der Waals surface area contributed by atoms with Gasteiger partial charge in [0.25, 0.3) is 5.91 Å². The first-order valence-electron chi connectivity index (χ1n) is 5.54. The molecule has 0 aliphatic carbocycles. The minimum absolute atomic E-state index is 0.0890. The molecule has 3 nitrogen and oxygen atoms in total. The van der Waals surface area contributed by atoms with E-state index in [-0.39, 0.29) is 11.3 Å². The Balaban J connectivity index is 2.26. The van der Waals surface area contributed by atoms with E-state index in [0.29, 0.717) is 11.3 Å². The highest BCUT2D eigenvalue weighted by Gasteiger charge is 2.12. The van der Waals surface area contributed by atoms with Crippen molar-refractivity contribution in [3.05, 3.63) is 59.4 Å². The van der Waals surface area contributed by atoms with Gasteiger partial charge in [0.05, 0.1) is 11.3 Å². The zero-order valence-corrected chi connectivity index (χ0v) is 9.98. The second-order valence-corrected chi connectivity index (χ2v) is 3.88. The third-order valence-corrected chi connectivity index (χ3v) is 2.58. The van der Waals surface area contributed by atoms with Gasteiger partial charge in [-0.25, -0.2) is 4.39 Å². The van der Waals surface area contributed by atoms with E-state index in [1.807, 2.05) is 0 Å². The van der Waals surface area contributed by atoms with E-state index >= 15 is 0 Å². The normalized spacial score (nSPS) is 9.68. The van der Waals surface area contributed by atoms with Crippen molar-refractivity contribution >= 4 is 17.3 Å². The number of halogens is 1. The zero-order chi connectivity index (χ0) is 13.8. The third-order valence-electron chi connectivity index (χ3n) is 2.58. The van der Waals surface area contributed by atoms with E-state index in [1.165, 1.54) is 18.2 Å². The molecule has 4 heteroatoms. The SMILES string of the molecule is C#Cc1cccc(NC(=O)c2cccc(F)c2N)c1. The first-order chi connectivity index (χ1) is 9.11. The molecule has 3 N–H and O–H groups in total. The molecule has 1 amide bonds. The van der Waals surface area contributed by atoms with Gasteiger partial charge in [-0.3, -0.25) is 4.79 Å². The Morgan fingerprint density at radius 1 is 1.26 bits per heavy atom. The number of para-hydroxylation sites is 1. The molecule has 2 aromatic carbocycles.